The van der Waals surface area contributed by atoms with Crippen LogP contribution in [-0.4, -0.2) is 21.5 Å². The molecule has 0 radical (unpaired) electrons. The number of nitrogens with zero attached hydrogens (tertiary/aromatic N) is 1. The first-order valence-electron chi connectivity index (χ1n) is 10.9. The summed E-state index contributed by atoms with van der Waals surface area (Å²) in [7, 11) is 0. The standard InChI is InChI=1S/C23H29N3O3/c1-14(23-11-15-8-16(12-23)10-17(9-15)13-23)24-20(27)6-7-26-19-5-3-2-4-18(19)21(28)25-22(26)29/h2-5,14-17H,6-13H2,1H3,(H,24,27)(H,25,28,29). The van der Waals surface area contributed by atoms with Crippen LogP contribution in [0.1, 0.15) is 51.9 Å². The molecule has 0 aliphatic heterocycles. The van der Waals surface area contributed by atoms with E-state index in [4.69, 9.17) is 0 Å². The molecule has 6 nitrogen and oxygen atoms in total. The van der Waals surface area contributed by atoms with Gasteiger partial charge < -0.3 is 5.32 Å². The number of nitrogens with one attached hydrogen (secondary N) is 2. The molecule has 0 saturated heterocycles. The quantitative estimate of drug-likeness (QED) is 0.816. The highest BCUT2D eigenvalue weighted by Gasteiger charge is 2.53. The van der Waals surface area contributed by atoms with Crippen molar-refractivity contribution in [3.63, 3.8) is 0 Å². The molecule has 1 atom stereocenters. The Morgan fingerprint density at radius 1 is 1.14 bits per heavy atom. The first kappa shape index (κ1) is 18.6. The number of benzene rings is 1. The van der Waals surface area contributed by atoms with E-state index in [1.807, 2.05) is 0 Å². The number of para-hydroxylation sites is 1. The molecule has 4 fully saturated rings. The molecule has 4 bridgehead atoms. The van der Waals surface area contributed by atoms with Gasteiger partial charge in [0, 0.05) is 19.0 Å². The lowest BCUT2D eigenvalue weighted by Gasteiger charge is -2.59. The molecule has 1 heterocycles. The van der Waals surface area contributed by atoms with Gasteiger partial charge in [-0.15, -0.1) is 0 Å². The highest BCUT2D eigenvalue weighted by molar-refractivity contribution is 5.79. The lowest BCUT2D eigenvalue weighted by molar-refractivity contribution is -0.126. The first-order chi connectivity index (χ1) is 13.9. The zero-order valence-corrected chi connectivity index (χ0v) is 16.9. The summed E-state index contributed by atoms with van der Waals surface area (Å²) in [6.07, 6.45) is 8.17. The number of amides is 1. The molecular formula is C23H29N3O3. The van der Waals surface area contributed by atoms with Crippen molar-refractivity contribution in [3.8, 4) is 0 Å². The molecule has 6 rings (SSSR count). The monoisotopic (exact) mass is 395 g/mol. The minimum atomic E-state index is -0.462. The first-order valence-corrected chi connectivity index (χ1v) is 10.9. The number of carbonyl (C=O) groups is 1. The fraction of sp³-hybridized carbons (Fsp3) is 0.609. The third kappa shape index (κ3) is 3.22. The predicted octanol–water partition coefficient (Wildman–Crippen LogP) is 2.80. The minimum absolute atomic E-state index is 0.0181. The van der Waals surface area contributed by atoms with Crippen LogP contribution in [0.3, 0.4) is 0 Å². The number of H-pyrrole nitrogens is 1. The Morgan fingerprint density at radius 2 is 1.76 bits per heavy atom. The normalized spacial score (nSPS) is 31.1. The van der Waals surface area contributed by atoms with Crippen molar-refractivity contribution in [2.75, 3.05) is 0 Å². The van der Waals surface area contributed by atoms with E-state index in [0.717, 1.165) is 17.8 Å². The molecule has 4 aliphatic carbocycles. The second kappa shape index (κ2) is 6.85. The van der Waals surface area contributed by atoms with Crippen molar-refractivity contribution in [1.29, 1.82) is 0 Å². The molecule has 1 amide bonds. The lowest BCUT2D eigenvalue weighted by atomic mass is 9.48. The van der Waals surface area contributed by atoms with Crippen molar-refractivity contribution in [2.24, 2.45) is 23.2 Å². The highest BCUT2D eigenvalue weighted by atomic mass is 16.2. The van der Waals surface area contributed by atoms with Gasteiger partial charge in [-0.05, 0) is 80.8 Å². The average Bonchev–Trinajstić information content (AvgIpc) is 2.66. The summed E-state index contributed by atoms with van der Waals surface area (Å²) >= 11 is 0. The zero-order chi connectivity index (χ0) is 20.2. The maximum Gasteiger partial charge on any atom is 0.328 e. The molecule has 29 heavy (non-hydrogen) atoms. The van der Waals surface area contributed by atoms with Crippen LogP contribution in [0.4, 0.5) is 0 Å². The van der Waals surface area contributed by atoms with E-state index in [1.54, 1.807) is 24.3 Å². The van der Waals surface area contributed by atoms with Crippen LogP contribution in [0.2, 0.25) is 0 Å². The molecule has 154 valence electrons. The van der Waals surface area contributed by atoms with E-state index >= 15 is 0 Å². The van der Waals surface area contributed by atoms with Crippen LogP contribution in [0.25, 0.3) is 10.9 Å². The number of fused-ring (bicyclic) bond motifs is 1. The number of aromatic nitrogens is 2. The largest absolute Gasteiger partial charge is 0.353 e. The molecule has 2 N–H and O–H groups in total. The van der Waals surface area contributed by atoms with E-state index < -0.39 is 5.69 Å². The summed E-state index contributed by atoms with van der Waals surface area (Å²) in [4.78, 5) is 39.4. The van der Waals surface area contributed by atoms with E-state index in [9.17, 15) is 14.4 Å². The third-order valence-corrected chi connectivity index (χ3v) is 7.85. The number of rotatable bonds is 5. The van der Waals surface area contributed by atoms with Gasteiger partial charge in [-0.3, -0.25) is 19.1 Å². The molecule has 1 unspecified atom stereocenters. The Labute approximate surface area is 169 Å². The van der Waals surface area contributed by atoms with Crippen molar-refractivity contribution in [3.05, 3.63) is 45.1 Å². The Balaban J connectivity index is 1.28. The summed E-state index contributed by atoms with van der Waals surface area (Å²) in [5, 5.41) is 3.73. The van der Waals surface area contributed by atoms with Gasteiger partial charge in [0.05, 0.1) is 10.9 Å². The third-order valence-electron chi connectivity index (χ3n) is 7.85. The van der Waals surface area contributed by atoms with Crippen molar-refractivity contribution < 1.29 is 4.79 Å². The predicted molar refractivity (Wildman–Crippen MR) is 112 cm³/mol. The van der Waals surface area contributed by atoms with E-state index in [1.165, 1.54) is 43.1 Å². The van der Waals surface area contributed by atoms with Crippen molar-refractivity contribution in [1.82, 2.24) is 14.9 Å². The molecule has 0 spiro atoms. The van der Waals surface area contributed by atoms with Gasteiger partial charge in [0.15, 0.2) is 0 Å². The fourth-order valence-electron chi connectivity index (χ4n) is 6.85. The number of carbonyl (C=O) groups excluding carboxylic acids is 1. The van der Waals surface area contributed by atoms with Gasteiger partial charge in [0.1, 0.15) is 0 Å². The zero-order valence-electron chi connectivity index (χ0n) is 16.9. The van der Waals surface area contributed by atoms with Gasteiger partial charge in [0.2, 0.25) is 5.91 Å². The number of hydrogen-bond acceptors (Lipinski definition) is 3. The fourth-order valence-corrected chi connectivity index (χ4v) is 6.85. The minimum Gasteiger partial charge on any atom is -0.353 e. The molecule has 2 aromatic rings. The SMILES string of the molecule is CC(NC(=O)CCn1c(=O)[nH]c(=O)c2ccccc21)C12CC3CC(CC(C3)C1)C2. The van der Waals surface area contributed by atoms with E-state index in [-0.39, 0.29) is 35.9 Å². The Kier molecular flexibility index (Phi) is 4.41. The second-order valence-corrected chi connectivity index (χ2v) is 9.75. The summed E-state index contributed by atoms with van der Waals surface area (Å²) in [5.41, 5.74) is -0.00749. The smallest absolute Gasteiger partial charge is 0.328 e. The van der Waals surface area contributed by atoms with Gasteiger partial charge >= 0.3 is 5.69 Å². The van der Waals surface area contributed by atoms with E-state index in [0.29, 0.717) is 10.9 Å². The number of hydrogen-bond donors (Lipinski definition) is 2. The van der Waals surface area contributed by atoms with Gasteiger partial charge in [-0.25, -0.2) is 4.79 Å². The highest BCUT2D eigenvalue weighted by Crippen LogP contribution is 2.61. The topological polar surface area (TPSA) is 84.0 Å². The second-order valence-electron chi connectivity index (χ2n) is 9.75. The molecule has 4 aliphatic rings. The van der Waals surface area contributed by atoms with Crippen LogP contribution in [0, 0.1) is 23.2 Å². The maximum absolute atomic E-state index is 12.7. The summed E-state index contributed by atoms with van der Waals surface area (Å²) in [6.45, 7) is 2.43. The van der Waals surface area contributed by atoms with Crippen molar-refractivity contribution in [2.45, 2.75) is 64.5 Å². The summed E-state index contributed by atoms with van der Waals surface area (Å²) < 4.78 is 1.49. The lowest BCUT2D eigenvalue weighted by Crippen LogP contribution is -2.55. The molecular weight excluding hydrogens is 366 g/mol. The van der Waals surface area contributed by atoms with E-state index in [2.05, 4.69) is 17.2 Å². The van der Waals surface area contributed by atoms with Crippen LogP contribution >= 0.6 is 0 Å². The maximum atomic E-state index is 12.7. The van der Waals surface area contributed by atoms with Crippen LogP contribution < -0.4 is 16.6 Å². The molecule has 1 aromatic carbocycles. The summed E-state index contributed by atoms with van der Waals surface area (Å²) in [5.74, 6) is 2.54. The average molecular weight is 396 g/mol. The Bertz CT molecular complexity index is 1030. The number of aryl methyl sites for hydroxylation is 1. The Hall–Kier alpha value is -2.37. The van der Waals surface area contributed by atoms with Crippen LogP contribution in [0.5, 0.6) is 0 Å². The summed E-state index contributed by atoms with van der Waals surface area (Å²) in [6, 6.07) is 7.19. The molecule has 4 saturated carbocycles. The van der Waals surface area contributed by atoms with Gasteiger partial charge in [0.25, 0.3) is 5.56 Å². The molecule has 1 aromatic heterocycles. The van der Waals surface area contributed by atoms with Crippen molar-refractivity contribution >= 4 is 16.8 Å². The van der Waals surface area contributed by atoms with Gasteiger partial charge in [-0.1, -0.05) is 12.1 Å². The van der Waals surface area contributed by atoms with Crippen LogP contribution in [0.15, 0.2) is 33.9 Å². The van der Waals surface area contributed by atoms with Crippen LogP contribution in [-0.2, 0) is 11.3 Å². The number of aromatic amines is 1. The Morgan fingerprint density at radius 3 is 2.41 bits per heavy atom. The molecule has 6 heteroatoms. The van der Waals surface area contributed by atoms with Gasteiger partial charge in [-0.2, -0.15) is 0 Å².